The van der Waals surface area contributed by atoms with Crippen LogP contribution in [0.1, 0.15) is 0 Å². The molecule has 0 N–H and O–H groups in total. The summed E-state index contributed by atoms with van der Waals surface area (Å²) in [6.07, 6.45) is 3.72. The Kier molecular flexibility index (Phi) is 6.49. The van der Waals surface area contributed by atoms with Gasteiger partial charge in [0.25, 0.3) is 0 Å². The van der Waals surface area contributed by atoms with Crippen molar-refractivity contribution >= 4 is 71.3 Å². The molecule has 0 atom stereocenters. The van der Waals surface area contributed by atoms with Crippen molar-refractivity contribution in [2.45, 2.75) is 0 Å². The maximum Gasteiger partial charge on any atom is 0.145 e. The van der Waals surface area contributed by atoms with Crippen molar-refractivity contribution in [1.29, 1.82) is 0 Å². The van der Waals surface area contributed by atoms with E-state index in [0.717, 1.165) is 49.8 Å². The molecule has 0 bridgehead atoms. The highest BCUT2D eigenvalue weighted by molar-refractivity contribution is 6.21. The van der Waals surface area contributed by atoms with E-state index in [9.17, 15) is 0 Å². The zero-order chi connectivity index (χ0) is 33.0. The van der Waals surface area contributed by atoms with E-state index >= 15 is 0 Å². The Hall–Kier alpha value is -6.71. The fourth-order valence-electron chi connectivity index (χ4n) is 7.57. The largest absolute Gasteiger partial charge is 0.455 e. The first-order valence-electron chi connectivity index (χ1n) is 16.9. The summed E-state index contributed by atoms with van der Waals surface area (Å²) in [5, 5.41) is 9.21. The van der Waals surface area contributed by atoms with E-state index in [1.165, 1.54) is 43.8 Å². The van der Waals surface area contributed by atoms with Gasteiger partial charge in [-0.2, -0.15) is 0 Å². The Balaban J connectivity index is 1.19. The zero-order valence-electron chi connectivity index (χ0n) is 27.1. The summed E-state index contributed by atoms with van der Waals surface area (Å²) in [6, 6.07) is 60.8. The first kappa shape index (κ1) is 28.3. The topological polar surface area (TPSA) is 29.3 Å². The van der Waals surface area contributed by atoms with Crippen LogP contribution in [0.15, 0.2) is 187 Å². The van der Waals surface area contributed by atoms with Gasteiger partial charge in [-0.05, 0) is 85.6 Å². The highest BCUT2D eigenvalue weighted by atomic mass is 16.3. The lowest BCUT2D eigenvalue weighted by atomic mass is 9.97. The molecule has 0 saturated heterocycles. The molecule has 234 valence electrons. The number of nitrogens with zero attached hydrogens (tertiary/aromatic N) is 2. The molecule has 2 heterocycles. The second-order valence-corrected chi connectivity index (χ2v) is 12.8. The van der Waals surface area contributed by atoms with Crippen molar-refractivity contribution in [3.63, 3.8) is 0 Å². The van der Waals surface area contributed by atoms with Gasteiger partial charge in [-0.25, -0.2) is 0 Å². The van der Waals surface area contributed by atoms with Crippen molar-refractivity contribution in [3.05, 3.63) is 182 Å². The third-order valence-corrected chi connectivity index (χ3v) is 9.94. The minimum atomic E-state index is 0.824. The summed E-state index contributed by atoms with van der Waals surface area (Å²) < 4.78 is 6.60. The number of pyridine rings is 1. The van der Waals surface area contributed by atoms with Gasteiger partial charge < -0.3 is 9.32 Å². The number of furan rings is 1. The summed E-state index contributed by atoms with van der Waals surface area (Å²) in [5.41, 5.74) is 9.65. The van der Waals surface area contributed by atoms with Crippen LogP contribution in [0, 0.1) is 0 Å². The van der Waals surface area contributed by atoms with Gasteiger partial charge in [0, 0.05) is 34.5 Å². The van der Waals surface area contributed by atoms with Crippen LogP contribution < -0.4 is 4.90 Å². The van der Waals surface area contributed by atoms with Gasteiger partial charge in [-0.3, -0.25) is 4.98 Å². The standard InChI is InChI=1S/C47H30N2O/c1-4-14-38-31(9-1)12-7-17-40(38)33-19-23-36(24-20-33)49(37-25-21-34(22-26-37)41-18-8-13-32-10-2-5-15-39(32)41)44-29-35-11-3-6-16-42(35)47-46(44)43-30-48-28-27-45(43)50-47/h1-30H. The lowest BCUT2D eigenvalue weighted by molar-refractivity contribution is 0.672. The van der Waals surface area contributed by atoms with Crippen LogP contribution in [0.5, 0.6) is 0 Å². The van der Waals surface area contributed by atoms with E-state index in [2.05, 4.69) is 174 Å². The quantitative estimate of drug-likeness (QED) is 0.188. The van der Waals surface area contributed by atoms with E-state index in [4.69, 9.17) is 4.42 Å². The SMILES string of the molecule is c1ccc2c(-c3ccc(N(c4ccc(-c5cccc6ccccc56)cc4)c4cc5ccccc5c5oc6ccncc6c45)cc3)cccc2c1. The second-order valence-electron chi connectivity index (χ2n) is 12.8. The number of fused-ring (bicyclic) bond motifs is 7. The Morgan fingerprint density at radius 3 is 1.56 bits per heavy atom. The smallest absolute Gasteiger partial charge is 0.145 e. The van der Waals surface area contributed by atoms with Crippen molar-refractivity contribution < 1.29 is 4.42 Å². The average Bonchev–Trinajstić information content (AvgIpc) is 3.59. The number of hydrogen-bond acceptors (Lipinski definition) is 3. The summed E-state index contributed by atoms with van der Waals surface area (Å²) in [5.74, 6) is 0. The predicted molar refractivity (Wildman–Crippen MR) is 210 cm³/mol. The Labute approximate surface area is 289 Å². The van der Waals surface area contributed by atoms with Gasteiger partial charge >= 0.3 is 0 Å². The Bertz CT molecular complexity index is 2730. The molecule has 8 aromatic carbocycles. The molecular weight excluding hydrogens is 609 g/mol. The molecule has 0 amide bonds. The summed E-state index contributed by atoms with van der Waals surface area (Å²) in [7, 11) is 0. The number of rotatable bonds is 5. The number of hydrogen-bond donors (Lipinski definition) is 0. The summed E-state index contributed by atoms with van der Waals surface area (Å²) in [6.45, 7) is 0. The summed E-state index contributed by atoms with van der Waals surface area (Å²) in [4.78, 5) is 6.88. The molecule has 0 fully saturated rings. The third-order valence-electron chi connectivity index (χ3n) is 9.94. The van der Waals surface area contributed by atoms with Gasteiger partial charge in [0.1, 0.15) is 11.2 Å². The molecule has 3 heteroatoms. The van der Waals surface area contributed by atoms with E-state index in [1.54, 1.807) is 6.20 Å². The molecule has 0 aliphatic carbocycles. The van der Waals surface area contributed by atoms with Gasteiger partial charge in [-0.1, -0.05) is 133 Å². The van der Waals surface area contributed by atoms with Crippen LogP contribution in [0.25, 0.3) is 76.5 Å². The fraction of sp³-hybridized carbons (Fsp3) is 0. The molecule has 0 spiro atoms. The molecule has 50 heavy (non-hydrogen) atoms. The highest BCUT2D eigenvalue weighted by Crippen LogP contribution is 2.46. The normalized spacial score (nSPS) is 11.6. The molecule has 0 aliphatic rings. The van der Waals surface area contributed by atoms with E-state index in [0.29, 0.717) is 0 Å². The average molecular weight is 639 g/mol. The van der Waals surface area contributed by atoms with E-state index in [1.807, 2.05) is 12.3 Å². The van der Waals surface area contributed by atoms with Gasteiger partial charge in [0.15, 0.2) is 0 Å². The lowest BCUT2D eigenvalue weighted by Crippen LogP contribution is -2.10. The molecule has 2 aromatic heterocycles. The van der Waals surface area contributed by atoms with Crippen molar-refractivity contribution in [2.75, 3.05) is 4.90 Å². The first-order chi connectivity index (χ1) is 24.8. The predicted octanol–water partition coefficient (Wildman–Crippen LogP) is 13.2. The molecule has 0 unspecified atom stereocenters. The van der Waals surface area contributed by atoms with Gasteiger partial charge in [0.2, 0.25) is 0 Å². The van der Waals surface area contributed by atoms with E-state index in [-0.39, 0.29) is 0 Å². The van der Waals surface area contributed by atoms with Gasteiger partial charge in [0.05, 0.1) is 11.1 Å². The minimum absolute atomic E-state index is 0.824. The van der Waals surface area contributed by atoms with Crippen LogP contribution in [0.3, 0.4) is 0 Å². The first-order valence-corrected chi connectivity index (χ1v) is 16.9. The van der Waals surface area contributed by atoms with Crippen molar-refractivity contribution in [2.24, 2.45) is 0 Å². The van der Waals surface area contributed by atoms with E-state index < -0.39 is 0 Å². The maximum atomic E-state index is 6.60. The molecular formula is C47H30N2O. The van der Waals surface area contributed by atoms with Crippen LogP contribution in [0.2, 0.25) is 0 Å². The van der Waals surface area contributed by atoms with Crippen LogP contribution in [0.4, 0.5) is 17.1 Å². The third kappa shape index (κ3) is 4.56. The second kappa shape index (κ2) is 11.5. The molecule has 10 rings (SSSR count). The van der Waals surface area contributed by atoms with Crippen molar-refractivity contribution in [3.8, 4) is 22.3 Å². The number of anilines is 3. The fourth-order valence-corrected chi connectivity index (χ4v) is 7.57. The van der Waals surface area contributed by atoms with Crippen LogP contribution in [-0.4, -0.2) is 4.98 Å². The van der Waals surface area contributed by atoms with Crippen LogP contribution in [-0.2, 0) is 0 Å². The van der Waals surface area contributed by atoms with Gasteiger partial charge in [-0.15, -0.1) is 0 Å². The Morgan fingerprint density at radius 2 is 0.960 bits per heavy atom. The van der Waals surface area contributed by atoms with Crippen LogP contribution >= 0.6 is 0 Å². The summed E-state index contributed by atoms with van der Waals surface area (Å²) >= 11 is 0. The number of benzene rings is 8. The maximum absolute atomic E-state index is 6.60. The lowest BCUT2D eigenvalue weighted by Gasteiger charge is -2.27. The number of aromatic nitrogens is 1. The molecule has 3 nitrogen and oxygen atoms in total. The Morgan fingerprint density at radius 1 is 0.440 bits per heavy atom. The highest BCUT2D eigenvalue weighted by Gasteiger charge is 2.22. The molecule has 0 saturated carbocycles. The molecule has 0 radical (unpaired) electrons. The van der Waals surface area contributed by atoms with Crippen molar-refractivity contribution in [1.82, 2.24) is 4.98 Å². The molecule has 10 aromatic rings. The molecule has 0 aliphatic heterocycles. The monoisotopic (exact) mass is 638 g/mol. The zero-order valence-corrected chi connectivity index (χ0v) is 27.1. The minimum Gasteiger partial charge on any atom is -0.455 e.